The number of alkyl halides is 3. The Balaban J connectivity index is 1.69. The van der Waals surface area contributed by atoms with E-state index in [1.165, 1.54) is 6.92 Å². The summed E-state index contributed by atoms with van der Waals surface area (Å²) in [6.07, 6.45) is 0.659. The van der Waals surface area contributed by atoms with Crippen molar-refractivity contribution in [1.82, 2.24) is 19.9 Å². The minimum atomic E-state index is -4.47. The Bertz CT molecular complexity index is 754. The molecule has 0 radical (unpaired) electrons. The molecule has 0 bridgehead atoms. The second-order valence-electron chi connectivity index (χ2n) is 6.55. The first kappa shape index (κ1) is 18.3. The molecule has 140 valence electrons. The lowest BCUT2D eigenvalue weighted by Crippen LogP contribution is -2.44. The first-order valence-corrected chi connectivity index (χ1v) is 8.43. The summed E-state index contributed by atoms with van der Waals surface area (Å²) in [5.74, 6) is 1.12. The Labute approximate surface area is 150 Å². The van der Waals surface area contributed by atoms with Crippen molar-refractivity contribution in [3.8, 4) is 0 Å². The molecular weight excluding hydrogens is 345 g/mol. The maximum Gasteiger partial charge on any atom is 0.433 e. The molecule has 0 N–H and O–H groups in total. The molecule has 2 aromatic rings. The zero-order chi connectivity index (χ0) is 18.9. The molecule has 1 aliphatic heterocycles. The number of anilines is 2. The van der Waals surface area contributed by atoms with Crippen molar-refractivity contribution < 1.29 is 13.2 Å². The number of hydrogen-bond acceptors (Lipinski definition) is 6. The molecule has 6 nitrogen and oxygen atoms in total. The molecule has 26 heavy (non-hydrogen) atoms. The Morgan fingerprint density at radius 1 is 1.08 bits per heavy atom. The summed E-state index contributed by atoms with van der Waals surface area (Å²) in [7, 11) is 1.95. The first-order valence-electron chi connectivity index (χ1n) is 8.43. The van der Waals surface area contributed by atoms with E-state index in [1.54, 1.807) is 12.4 Å². The molecular formula is C17H21F3N6. The van der Waals surface area contributed by atoms with E-state index in [0.29, 0.717) is 24.9 Å². The number of piperidine rings is 1. The summed E-state index contributed by atoms with van der Waals surface area (Å²) >= 11 is 0. The molecule has 3 heterocycles. The van der Waals surface area contributed by atoms with Crippen molar-refractivity contribution >= 4 is 11.8 Å². The van der Waals surface area contributed by atoms with Crippen LogP contribution in [-0.4, -0.2) is 46.1 Å². The highest BCUT2D eigenvalue weighted by Gasteiger charge is 2.34. The third kappa shape index (κ3) is 4.03. The lowest BCUT2D eigenvalue weighted by molar-refractivity contribution is -0.141. The Kier molecular flexibility index (Phi) is 4.97. The van der Waals surface area contributed by atoms with Crippen LogP contribution in [0.15, 0.2) is 18.5 Å². The molecule has 1 aliphatic rings. The number of rotatable bonds is 3. The van der Waals surface area contributed by atoms with Crippen LogP contribution in [-0.2, 0) is 6.18 Å². The largest absolute Gasteiger partial charge is 0.433 e. The van der Waals surface area contributed by atoms with E-state index >= 15 is 0 Å². The minimum absolute atomic E-state index is 0.127. The van der Waals surface area contributed by atoms with Gasteiger partial charge in [-0.1, -0.05) is 0 Å². The monoisotopic (exact) mass is 366 g/mol. The fourth-order valence-electron chi connectivity index (χ4n) is 3.07. The number of nitrogens with zero attached hydrogens (tertiary/aromatic N) is 6. The zero-order valence-electron chi connectivity index (χ0n) is 15.0. The SMILES string of the molecule is Cc1cnc(N(C)C2CCN(c3cc(C(F)(F)F)nc(C)n3)CC2)nc1. The van der Waals surface area contributed by atoms with Gasteiger partial charge in [0.2, 0.25) is 5.95 Å². The fraction of sp³-hybridized carbons (Fsp3) is 0.529. The van der Waals surface area contributed by atoms with Gasteiger partial charge in [-0.15, -0.1) is 0 Å². The summed E-state index contributed by atoms with van der Waals surface area (Å²) in [5.41, 5.74) is 0.101. The smallest absolute Gasteiger partial charge is 0.356 e. The van der Waals surface area contributed by atoms with Crippen LogP contribution in [0.3, 0.4) is 0 Å². The maximum atomic E-state index is 13.0. The standard InChI is InChI=1S/C17H21F3N6/c1-11-9-21-16(22-10-11)25(3)13-4-6-26(7-5-13)15-8-14(17(18,19)20)23-12(2)24-15/h8-10,13H,4-7H2,1-3H3. The minimum Gasteiger partial charge on any atom is -0.356 e. The number of aryl methyl sites for hydroxylation is 2. The van der Waals surface area contributed by atoms with Gasteiger partial charge < -0.3 is 9.80 Å². The van der Waals surface area contributed by atoms with Gasteiger partial charge in [0, 0.05) is 44.6 Å². The number of halogens is 3. The predicted molar refractivity (Wildman–Crippen MR) is 92.2 cm³/mol. The second kappa shape index (κ2) is 7.05. The summed E-state index contributed by atoms with van der Waals surface area (Å²) in [6.45, 7) is 4.65. The van der Waals surface area contributed by atoms with Crippen LogP contribution in [0.2, 0.25) is 0 Å². The maximum absolute atomic E-state index is 13.0. The average molecular weight is 366 g/mol. The lowest BCUT2D eigenvalue weighted by atomic mass is 10.0. The Morgan fingerprint density at radius 2 is 1.69 bits per heavy atom. The first-order chi connectivity index (χ1) is 12.2. The molecule has 0 aromatic carbocycles. The highest BCUT2D eigenvalue weighted by Crippen LogP contribution is 2.30. The van der Waals surface area contributed by atoms with Crippen LogP contribution in [0, 0.1) is 13.8 Å². The van der Waals surface area contributed by atoms with Crippen LogP contribution in [0.25, 0.3) is 0 Å². The quantitative estimate of drug-likeness (QED) is 0.832. The molecule has 0 amide bonds. The third-order valence-corrected chi connectivity index (χ3v) is 4.53. The van der Waals surface area contributed by atoms with Crippen molar-refractivity contribution in [3.63, 3.8) is 0 Å². The normalized spacial score (nSPS) is 16.0. The summed E-state index contributed by atoms with van der Waals surface area (Å²) in [6, 6.07) is 1.26. The summed E-state index contributed by atoms with van der Waals surface area (Å²) in [4.78, 5) is 20.3. The van der Waals surface area contributed by atoms with E-state index in [2.05, 4.69) is 19.9 Å². The van der Waals surface area contributed by atoms with Crippen LogP contribution < -0.4 is 9.80 Å². The fourth-order valence-corrected chi connectivity index (χ4v) is 3.07. The van der Waals surface area contributed by atoms with Crippen molar-refractivity contribution in [2.45, 2.75) is 38.9 Å². The molecule has 9 heteroatoms. The van der Waals surface area contributed by atoms with Crippen LogP contribution in [0.1, 0.15) is 29.9 Å². The van der Waals surface area contributed by atoms with Gasteiger partial charge in [-0.3, -0.25) is 0 Å². The van der Waals surface area contributed by atoms with Crippen LogP contribution in [0.5, 0.6) is 0 Å². The topological polar surface area (TPSA) is 58.0 Å². The van der Waals surface area contributed by atoms with Gasteiger partial charge in [-0.25, -0.2) is 19.9 Å². The molecule has 0 saturated carbocycles. The number of aromatic nitrogens is 4. The third-order valence-electron chi connectivity index (χ3n) is 4.53. The van der Waals surface area contributed by atoms with Gasteiger partial charge in [0.1, 0.15) is 17.3 Å². The van der Waals surface area contributed by atoms with Gasteiger partial charge in [0.05, 0.1) is 0 Å². The molecule has 0 unspecified atom stereocenters. The highest BCUT2D eigenvalue weighted by molar-refractivity contribution is 5.42. The molecule has 2 aromatic heterocycles. The van der Waals surface area contributed by atoms with Gasteiger partial charge in [-0.05, 0) is 32.3 Å². The molecule has 1 saturated heterocycles. The summed E-state index contributed by atoms with van der Waals surface area (Å²) < 4.78 is 38.9. The second-order valence-corrected chi connectivity index (χ2v) is 6.55. The van der Waals surface area contributed by atoms with Crippen molar-refractivity contribution in [3.05, 3.63) is 35.5 Å². The van der Waals surface area contributed by atoms with Crippen molar-refractivity contribution in [2.24, 2.45) is 0 Å². The Hall–Kier alpha value is -2.45. The molecule has 3 rings (SSSR count). The Morgan fingerprint density at radius 3 is 2.27 bits per heavy atom. The van der Waals surface area contributed by atoms with E-state index in [1.807, 2.05) is 23.8 Å². The average Bonchev–Trinajstić information content (AvgIpc) is 2.61. The van der Waals surface area contributed by atoms with E-state index in [-0.39, 0.29) is 11.9 Å². The van der Waals surface area contributed by atoms with E-state index in [9.17, 15) is 13.2 Å². The van der Waals surface area contributed by atoms with Crippen molar-refractivity contribution in [2.75, 3.05) is 29.9 Å². The summed E-state index contributed by atoms with van der Waals surface area (Å²) in [5, 5.41) is 0. The van der Waals surface area contributed by atoms with Gasteiger partial charge in [0.15, 0.2) is 0 Å². The van der Waals surface area contributed by atoms with Gasteiger partial charge in [-0.2, -0.15) is 13.2 Å². The zero-order valence-corrected chi connectivity index (χ0v) is 15.0. The van der Waals surface area contributed by atoms with E-state index < -0.39 is 11.9 Å². The molecule has 0 spiro atoms. The molecule has 0 atom stereocenters. The van der Waals surface area contributed by atoms with Gasteiger partial charge >= 0.3 is 6.18 Å². The lowest BCUT2D eigenvalue weighted by Gasteiger charge is -2.37. The van der Waals surface area contributed by atoms with Gasteiger partial charge in [0.25, 0.3) is 0 Å². The predicted octanol–water partition coefficient (Wildman–Crippen LogP) is 3.01. The van der Waals surface area contributed by atoms with E-state index in [0.717, 1.165) is 24.5 Å². The number of hydrogen-bond donors (Lipinski definition) is 0. The van der Waals surface area contributed by atoms with Crippen LogP contribution >= 0.6 is 0 Å². The van der Waals surface area contributed by atoms with E-state index in [4.69, 9.17) is 0 Å². The molecule has 1 fully saturated rings. The highest BCUT2D eigenvalue weighted by atomic mass is 19.4. The van der Waals surface area contributed by atoms with Crippen LogP contribution in [0.4, 0.5) is 24.9 Å². The van der Waals surface area contributed by atoms with Crippen molar-refractivity contribution in [1.29, 1.82) is 0 Å². The molecule has 0 aliphatic carbocycles.